The highest BCUT2D eigenvalue weighted by Gasteiger charge is 2.33. The van der Waals surface area contributed by atoms with E-state index in [1.165, 1.54) is 11.3 Å². The number of amides is 1. The lowest BCUT2D eigenvalue weighted by molar-refractivity contribution is -0.138. The number of halogens is 4. The van der Waals surface area contributed by atoms with Crippen LogP contribution in [0.3, 0.4) is 0 Å². The third-order valence-electron chi connectivity index (χ3n) is 3.77. The molecule has 0 aliphatic carbocycles. The van der Waals surface area contributed by atoms with Gasteiger partial charge in [-0.2, -0.15) is 13.2 Å². The van der Waals surface area contributed by atoms with E-state index in [0.717, 1.165) is 21.9 Å². The highest BCUT2D eigenvalue weighted by atomic mass is 32.1. The van der Waals surface area contributed by atoms with Crippen molar-refractivity contribution in [3.63, 3.8) is 0 Å². The zero-order valence-electron chi connectivity index (χ0n) is 14.2. The van der Waals surface area contributed by atoms with Crippen LogP contribution in [0.5, 0.6) is 0 Å². The van der Waals surface area contributed by atoms with Gasteiger partial charge in [-0.05, 0) is 37.6 Å². The first-order chi connectivity index (χ1) is 12.1. The number of ketones is 1. The summed E-state index contributed by atoms with van der Waals surface area (Å²) in [5.74, 6) is -1.72. The molecular weight excluding hydrogens is 370 g/mol. The van der Waals surface area contributed by atoms with E-state index in [0.29, 0.717) is 11.6 Å². The SMILES string of the molecule is Cc1cc(C(=O)CCC(=O)NCc2ccc(F)cc2C(F)(F)F)c(C)s1. The van der Waals surface area contributed by atoms with E-state index in [-0.39, 0.29) is 24.2 Å². The van der Waals surface area contributed by atoms with E-state index < -0.39 is 30.0 Å². The van der Waals surface area contributed by atoms with Crippen LogP contribution in [0.15, 0.2) is 24.3 Å². The van der Waals surface area contributed by atoms with Crippen molar-refractivity contribution in [2.45, 2.75) is 39.4 Å². The third-order valence-corrected chi connectivity index (χ3v) is 4.74. The van der Waals surface area contributed by atoms with Crippen LogP contribution in [0.2, 0.25) is 0 Å². The Kier molecular flexibility index (Phi) is 6.17. The number of carbonyl (C=O) groups excluding carboxylic acids is 2. The number of nitrogens with one attached hydrogen (secondary N) is 1. The van der Waals surface area contributed by atoms with Gasteiger partial charge in [0.25, 0.3) is 0 Å². The molecule has 2 aromatic rings. The number of aryl methyl sites for hydroxylation is 2. The molecule has 0 saturated carbocycles. The third kappa shape index (κ3) is 5.14. The Bertz CT molecular complexity index is 827. The number of rotatable bonds is 6. The molecule has 1 heterocycles. The smallest absolute Gasteiger partial charge is 0.352 e. The molecule has 26 heavy (non-hydrogen) atoms. The van der Waals surface area contributed by atoms with Crippen LogP contribution >= 0.6 is 11.3 Å². The maximum absolute atomic E-state index is 13.1. The molecule has 3 nitrogen and oxygen atoms in total. The van der Waals surface area contributed by atoms with E-state index in [4.69, 9.17) is 0 Å². The first-order valence-electron chi connectivity index (χ1n) is 7.80. The highest BCUT2D eigenvalue weighted by Crippen LogP contribution is 2.32. The topological polar surface area (TPSA) is 46.2 Å². The van der Waals surface area contributed by atoms with Gasteiger partial charge in [0.2, 0.25) is 5.91 Å². The molecule has 0 spiro atoms. The fraction of sp³-hybridized carbons (Fsp3) is 0.333. The van der Waals surface area contributed by atoms with Gasteiger partial charge in [-0.1, -0.05) is 6.07 Å². The van der Waals surface area contributed by atoms with E-state index >= 15 is 0 Å². The summed E-state index contributed by atoms with van der Waals surface area (Å²) in [6, 6.07) is 4.05. The van der Waals surface area contributed by atoms with Crippen molar-refractivity contribution >= 4 is 23.0 Å². The monoisotopic (exact) mass is 387 g/mol. The van der Waals surface area contributed by atoms with Gasteiger partial charge in [0, 0.05) is 34.7 Å². The number of hydrogen-bond acceptors (Lipinski definition) is 3. The number of benzene rings is 1. The second-order valence-corrected chi connectivity index (χ2v) is 7.29. The van der Waals surface area contributed by atoms with Crippen LogP contribution in [0.1, 0.15) is 44.1 Å². The fourth-order valence-electron chi connectivity index (χ4n) is 2.52. The molecule has 0 fully saturated rings. The molecule has 0 aliphatic rings. The van der Waals surface area contributed by atoms with E-state index in [2.05, 4.69) is 5.32 Å². The average Bonchev–Trinajstić information content (AvgIpc) is 2.89. The quantitative estimate of drug-likeness (QED) is 0.572. The summed E-state index contributed by atoms with van der Waals surface area (Å²) < 4.78 is 51.8. The van der Waals surface area contributed by atoms with Crippen molar-refractivity contribution in [1.82, 2.24) is 5.32 Å². The number of hydrogen-bond donors (Lipinski definition) is 1. The van der Waals surface area contributed by atoms with Crippen molar-refractivity contribution in [2.24, 2.45) is 0 Å². The second-order valence-electron chi connectivity index (χ2n) is 5.83. The Hall–Kier alpha value is -2.22. The average molecular weight is 387 g/mol. The van der Waals surface area contributed by atoms with Gasteiger partial charge in [-0.15, -0.1) is 11.3 Å². The van der Waals surface area contributed by atoms with Gasteiger partial charge in [0.15, 0.2) is 5.78 Å². The predicted molar refractivity (Wildman–Crippen MR) is 90.6 cm³/mol. The maximum Gasteiger partial charge on any atom is 0.416 e. The molecule has 140 valence electrons. The molecular formula is C18H17F4NO2S. The van der Waals surface area contributed by atoms with Crippen LogP contribution in [0.25, 0.3) is 0 Å². The number of thiophene rings is 1. The number of Topliss-reactive ketones (excluding diaryl/α,β-unsaturated/α-hetero) is 1. The molecule has 0 aliphatic heterocycles. The molecule has 0 bridgehead atoms. The van der Waals surface area contributed by atoms with Gasteiger partial charge in [-0.3, -0.25) is 9.59 Å². The Morgan fingerprint density at radius 2 is 1.81 bits per heavy atom. The van der Waals surface area contributed by atoms with Crippen LogP contribution in [0.4, 0.5) is 17.6 Å². The highest BCUT2D eigenvalue weighted by molar-refractivity contribution is 7.12. The zero-order chi connectivity index (χ0) is 19.5. The fourth-order valence-corrected chi connectivity index (χ4v) is 3.46. The molecule has 8 heteroatoms. The summed E-state index contributed by atoms with van der Waals surface area (Å²) in [7, 11) is 0. The minimum absolute atomic E-state index is 0.0294. The molecule has 1 aromatic carbocycles. The summed E-state index contributed by atoms with van der Waals surface area (Å²) in [5.41, 5.74) is -0.792. The van der Waals surface area contributed by atoms with Crippen molar-refractivity contribution < 1.29 is 27.2 Å². The van der Waals surface area contributed by atoms with Gasteiger partial charge >= 0.3 is 6.18 Å². The summed E-state index contributed by atoms with van der Waals surface area (Å²) in [4.78, 5) is 25.8. The Labute approximate surface area is 152 Å². The summed E-state index contributed by atoms with van der Waals surface area (Å²) in [5, 5.41) is 2.35. The minimum Gasteiger partial charge on any atom is -0.352 e. The maximum atomic E-state index is 13.1. The van der Waals surface area contributed by atoms with Crippen molar-refractivity contribution in [1.29, 1.82) is 0 Å². The Morgan fingerprint density at radius 3 is 2.38 bits per heavy atom. The van der Waals surface area contributed by atoms with Crippen LogP contribution in [0, 0.1) is 19.7 Å². The van der Waals surface area contributed by atoms with Crippen molar-refractivity contribution in [3.05, 3.63) is 56.5 Å². The Morgan fingerprint density at radius 1 is 1.12 bits per heavy atom. The molecule has 0 atom stereocenters. The Balaban J connectivity index is 1.93. The van der Waals surface area contributed by atoms with E-state index in [9.17, 15) is 27.2 Å². The predicted octanol–water partition coefficient (Wildman–Crippen LogP) is 4.80. The molecule has 1 aromatic heterocycles. The van der Waals surface area contributed by atoms with Crippen LogP contribution < -0.4 is 5.32 Å². The zero-order valence-corrected chi connectivity index (χ0v) is 15.0. The number of alkyl halides is 3. The summed E-state index contributed by atoms with van der Waals surface area (Å²) >= 11 is 1.49. The molecule has 0 radical (unpaired) electrons. The molecule has 1 amide bonds. The molecule has 1 N–H and O–H groups in total. The number of carbonyl (C=O) groups is 2. The normalized spacial score (nSPS) is 11.5. The molecule has 0 saturated heterocycles. The van der Waals surface area contributed by atoms with E-state index in [1.54, 1.807) is 6.07 Å². The molecule has 2 rings (SSSR count). The van der Waals surface area contributed by atoms with Crippen LogP contribution in [-0.4, -0.2) is 11.7 Å². The summed E-state index contributed by atoms with van der Waals surface area (Å²) in [6.07, 6.45) is -4.87. The largest absolute Gasteiger partial charge is 0.416 e. The second kappa shape index (κ2) is 7.99. The van der Waals surface area contributed by atoms with Gasteiger partial charge in [0.1, 0.15) is 5.82 Å². The van der Waals surface area contributed by atoms with Crippen molar-refractivity contribution in [3.8, 4) is 0 Å². The lowest BCUT2D eigenvalue weighted by Gasteiger charge is -2.13. The van der Waals surface area contributed by atoms with Gasteiger partial charge < -0.3 is 5.32 Å². The lowest BCUT2D eigenvalue weighted by Crippen LogP contribution is -2.25. The molecule has 0 unspecified atom stereocenters. The van der Waals surface area contributed by atoms with Crippen LogP contribution in [-0.2, 0) is 17.5 Å². The van der Waals surface area contributed by atoms with Crippen molar-refractivity contribution in [2.75, 3.05) is 0 Å². The minimum atomic E-state index is -4.72. The standard InChI is InChI=1S/C18H17F4NO2S/c1-10-7-14(11(2)26-10)16(24)5-6-17(25)23-9-12-3-4-13(19)8-15(12)18(20,21)22/h3-4,7-8H,5-6,9H2,1-2H3,(H,23,25). The van der Waals surface area contributed by atoms with Gasteiger partial charge in [-0.25, -0.2) is 4.39 Å². The summed E-state index contributed by atoms with van der Waals surface area (Å²) in [6.45, 7) is 3.30. The lowest BCUT2D eigenvalue weighted by atomic mass is 10.1. The first kappa shape index (κ1) is 20.1. The van der Waals surface area contributed by atoms with Gasteiger partial charge in [0.05, 0.1) is 5.56 Å². The first-order valence-corrected chi connectivity index (χ1v) is 8.62. The van der Waals surface area contributed by atoms with E-state index in [1.807, 2.05) is 13.8 Å².